The number of hydrogen-bond acceptors (Lipinski definition) is 5. The molecule has 0 spiro atoms. The van der Waals surface area contributed by atoms with Gasteiger partial charge in [-0.2, -0.15) is 0 Å². The Morgan fingerprint density at radius 1 is 1.50 bits per heavy atom. The zero-order valence-electron chi connectivity index (χ0n) is 9.88. The molecule has 1 aromatic heterocycles. The molecule has 2 N–H and O–H groups in total. The zero-order valence-corrected chi connectivity index (χ0v) is 9.88. The number of carboxylic acids is 1. The van der Waals surface area contributed by atoms with Crippen LogP contribution >= 0.6 is 0 Å². The van der Waals surface area contributed by atoms with E-state index in [9.17, 15) is 9.59 Å². The van der Waals surface area contributed by atoms with Crippen molar-refractivity contribution in [2.24, 2.45) is 0 Å². The van der Waals surface area contributed by atoms with Gasteiger partial charge in [0.15, 0.2) is 18.1 Å². The van der Waals surface area contributed by atoms with E-state index in [-0.39, 0.29) is 24.0 Å². The maximum Gasteiger partial charge on any atom is 0.358 e. The minimum atomic E-state index is -1.20. The van der Waals surface area contributed by atoms with E-state index < -0.39 is 5.97 Å². The molecule has 0 atom stereocenters. The first-order valence-corrected chi connectivity index (χ1v) is 5.22. The number of carboxylic acid groups (broad SMARTS) is 1. The molecule has 0 aliphatic carbocycles. The number of aromatic nitrogens is 1. The lowest BCUT2D eigenvalue weighted by Crippen LogP contribution is -2.31. The Labute approximate surface area is 104 Å². The molecule has 0 saturated carbocycles. The number of methoxy groups -OCH3 is 1. The third kappa shape index (κ3) is 4.38. The molecule has 0 fully saturated rings. The number of nitrogens with zero attached hydrogens (tertiary/aromatic N) is 1. The zero-order chi connectivity index (χ0) is 13.4. The predicted octanol–water partition coefficient (Wildman–Crippen LogP) is -0.0788. The smallest absolute Gasteiger partial charge is 0.358 e. The number of amides is 1. The van der Waals surface area contributed by atoms with Crippen molar-refractivity contribution in [3.8, 4) is 5.75 Å². The summed E-state index contributed by atoms with van der Waals surface area (Å²) in [6, 6.07) is 2.98. The van der Waals surface area contributed by atoms with Gasteiger partial charge in [-0.25, -0.2) is 9.78 Å². The molecule has 7 nitrogen and oxygen atoms in total. The van der Waals surface area contributed by atoms with Crippen LogP contribution in [0.4, 0.5) is 0 Å². The summed E-state index contributed by atoms with van der Waals surface area (Å²) in [6.07, 6.45) is 1.34. The van der Waals surface area contributed by atoms with Crippen LogP contribution < -0.4 is 10.1 Å². The van der Waals surface area contributed by atoms with E-state index in [0.29, 0.717) is 13.2 Å². The number of aromatic carboxylic acids is 1. The van der Waals surface area contributed by atoms with Crippen molar-refractivity contribution < 1.29 is 24.2 Å². The molecule has 1 rings (SSSR count). The molecule has 0 bridgehead atoms. The first-order chi connectivity index (χ1) is 8.65. The fourth-order valence-corrected chi connectivity index (χ4v) is 1.15. The average molecular weight is 254 g/mol. The lowest BCUT2D eigenvalue weighted by Gasteiger charge is -2.08. The monoisotopic (exact) mass is 254 g/mol. The lowest BCUT2D eigenvalue weighted by atomic mass is 10.3. The third-order valence-electron chi connectivity index (χ3n) is 1.96. The summed E-state index contributed by atoms with van der Waals surface area (Å²) in [5.41, 5.74) is -0.220. The fraction of sp³-hybridized carbons (Fsp3) is 0.364. The quantitative estimate of drug-likeness (QED) is 0.660. The number of ether oxygens (including phenoxy) is 2. The molecular weight excluding hydrogens is 240 g/mol. The molecule has 0 unspecified atom stereocenters. The highest BCUT2D eigenvalue weighted by atomic mass is 16.5. The summed E-state index contributed by atoms with van der Waals surface area (Å²) in [5.74, 6) is -1.50. The molecule has 0 aliphatic rings. The molecule has 7 heteroatoms. The molecule has 0 aliphatic heterocycles. The molecule has 0 aromatic carbocycles. The maximum absolute atomic E-state index is 11.3. The van der Waals surface area contributed by atoms with Gasteiger partial charge < -0.3 is 19.9 Å². The van der Waals surface area contributed by atoms with Crippen LogP contribution in [-0.4, -0.2) is 48.8 Å². The Bertz CT molecular complexity index is 422. The second-order valence-electron chi connectivity index (χ2n) is 3.29. The van der Waals surface area contributed by atoms with Crippen LogP contribution in [-0.2, 0) is 9.53 Å². The van der Waals surface area contributed by atoms with Crippen molar-refractivity contribution in [3.63, 3.8) is 0 Å². The van der Waals surface area contributed by atoms with E-state index in [2.05, 4.69) is 10.3 Å². The van der Waals surface area contributed by atoms with Gasteiger partial charge in [0.25, 0.3) is 5.91 Å². The summed E-state index contributed by atoms with van der Waals surface area (Å²) in [6.45, 7) is 0.506. The Hall–Kier alpha value is -2.15. The Kier molecular flexibility index (Phi) is 5.59. The van der Waals surface area contributed by atoms with Crippen molar-refractivity contribution in [1.29, 1.82) is 0 Å². The topological polar surface area (TPSA) is 97.8 Å². The molecule has 18 heavy (non-hydrogen) atoms. The Morgan fingerprint density at radius 3 is 2.94 bits per heavy atom. The van der Waals surface area contributed by atoms with Crippen LogP contribution in [0.3, 0.4) is 0 Å². The van der Waals surface area contributed by atoms with Gasteiger partial charge in [0.1, 0.15) is 0 Å². The number of rotatable bonds is 7. The van der Waals surface area contributed by atoms with Gasteiger partial charge in [0.2, 0.25) is 0 Å². The van der Waals surface area contributed by atoms with Crippen molar-refractivity contribution >= 4 is 11.9 Å². The maximum atomic E-state index is 11.3. The third-order valence-corrected chi connectivity index (χ3v) is 1.96. The number of hydrogen-bond donors (Lipinski definition) is 2. The van der Waals surface area contributed by atoms with E-state index in [1.165, 1.54) is 25.4 Å². The highest BCUT2D eigenvalue weighted by Gasteiger charge is 2.13. The summed E-state index contributed by atoms with van der Waals surface area (Å²) in [7, 11) is 1.53. The van der Waals surface area contributed by atoms with E-state index in [1.807, 2.05) is 0 Å². The molecule has 1 amide bonds. The van der Waals surface area contributed by atoms with Crippen LogP contribution in [0, 0.1) is 0 Å². The predicted molar refractivity (Wildman–Crippen MR) is 61.6 cm³/mol. The second kappa shape index (κ2) is 7.23. The number of carbonyl (C=O) groups excluding carboxylic acids is 1. The fourth-order valence-electron chi connectivity index (χ4n) is 1.15. The summed E-state index contributed by atoms with van der Waals surface area (Å²) in [4.78, 5) is 25.8. The van der Waals surface area contributed by atoms with Gasteiger partial charge in [0, 0.05) is 19.9 Å². The highest BCUT2D eigenvalue weighted by molar-refractivity contribution is 5.88. The van der Waals surface area contributed by atoms with Gasteiger partial charge in [-0.15, -0.1) is 0 Å². The first-order valence-electron chi connectivity index (χ1n) is 5.22. The van der Waals surface area contributed by atoms with E-state index in [4.69, 9.17) is 14.6 Å². The van der Waals surface area contributed by atoms with Crippen molar-refractivity contribution in [2.75, 3.05) is 26.9 Å². The van der Waals surface area contributed by atoms with Crippen molar-refractivity contribution in [1.82, 2.24) is 10.3 Å². The van der Waals surface area contributed by atoms with Crippen LogP contribution in [0.1, 0.15) is 10.5 Å². The van der Waals surface area contributed by atoms with Crippen molar-refractivity contribution in [2.45, 2.75) is 0 Å². The van der Waals surface area contributed by atoms with E-state index in [1.54, 1.807) is 0 Å². The van der Waals surface area contributed by atoms with Crippen LogP contribution in [0.15, 0.2) is 18.3 Å². The largest absolute Gasteiger partial charge is 0.481 e. The summed E-state index contributed by atoms with van der Waals surface area (Å²) >= 11 is 0. The van der Waals surface area contributed by atoms with Crippen LogP contribution in [0.2, 0.25) is 0 Å². The minimum Gasteiger partial charge on any atom is -0.481 e. The normalized spacial score (nSPS) is 9.83. The number of carbonyl (C=O) groups is 2. The van der Waals surface area contributed by atoms with Crippen LogP contribution in [0.5, 0.6) is 5.75 Å². The Balaban J connectivity index is 2.48. The van der Waals surface area contributed by atoms with Crippen LogP contribution in [0.25, 0.3) is 0 Å². The SMILES string of the molecule is COCCNC(=O)COc1cccnc1C(=O)O. The molecule has 1 aromatic rings. The Morgan fingerprint density at radius 2 is 2.28 bits per heavy atom. The first kappa shape index (κ1) is 13.9. The number of nitrogens with one attached hydrogen (secondary N) is 1. The molecule has 0 radical (unpaired) electrons. The number of pyridine rings is 1. The van der Waals surface area contributed by atoms with E-state index >= 15 is 0 Å². The van der Waals surface area contributed by atoms with Crippen molar-refractivity contribution in [3.05, 3.63) is 24.0 Å². The van der Waals surface area contributed by atoms with Gasteiger partial charge in [-0.3, -0.25) is 4.79 Å². The van der Waals surface area contributed by atoms with Gasteiger partial charge in [0.05, 0.1) is 6.61 Å². The summed E-state index contributed by atoms with van der Waals surface area (Å²) in [5, 5.41) is 11.4. The molecular formula is C11H14N2O5. The van der Waals surface area contributed by atoms with Gasteiger partial charge >= 0.3 is 5.97 Å². The molecule has 0 saturated heterocycles. The van der Waals surface area contributed by atoms with Gasteiger partial charge in [-0.1, -0.05) is 0 Å². The van der Waals surface area contributed by atoms with E-state index in [0.717, 1.165) is 0 Å². The van der Waals surface area contributed by atoms with Gasteiger partial charge in [-0.05, 0) is 12.1 Å². The molecule has 1 heterocycles. The summed E-state index contributed by atoms with van der Waals surface area (Å²) < 4.78 is 9.86. The minimum absolute atomic E-state index is 0.0619. The standard InChI is InChI=1S/C11H14N2O5/c1-17-6-5-12-9(14)7-18-8-3-2-4-13-10(8)11(15)16/h2-4H,5-7H2,1H3,(H,12,14)(H,15,16). The highest BCUT2D eigenvalue weighted by Crippen LogP contribution is 2.14. The molecule has 98 valence electrons. The average Bonchev–Trinajstić information content (AvgIpc) is 2.37. The lowest BCUT2D eigenvalue weighted by molar-refractivity contribution is -0.123. The second-order valence-corrected chi connectivity index (χ2v) is 3.29.